The second-order valence-corrected chi connectivity index (χ2v) is 6.46. The SMILES string of the molecule is CNCC1CCCN1C1CCCCC1c1ccccc1. The van der Waals surface area contributed by atoms with Gasteiger partial charge in [0.1, 0.15) is 0 Å². The smallest absolute Gasteiger partial charge is 0.0224 e. The number of likely N-dealkylation sites (tertiary alicyclic amines) is 1. The van der Waals surface area contributed by atoms with Gasteiger partial charge in [-0.1, -0.05) is 43.2 Å². The van der Waals surface area contributed by atoms with Crippen molar-refractivity contribution in [1.82, 2.24) is 10.2 Å². The second-order valence-electron chi connectivity index (χ2n) is 6.46. The van der Waals surface area contributed by atoms with E-state index in [0.717, 1.165) is 24.5 Å². The summed E-state index contributed by atoms with van der Waals surface area (Å²) in [4.78, 5) is 2.83. The molecule has 1 aliphatic carbocycles. The maximum atomic E-state index is 3.39. The van der Waals surface area contributed by atoms with E-state index in [0.29, 0.717) is 0 Å². The van der Waals surface area contributed by atoms with Crippen LogP contribution in [0.5, 0.6) is 0 Å². The molecule has 0 amide bonds. The van der Waals surface area contributed by atoms with Crippen molar-refractivity contribution < 1.29 is 0 Å². The first-order valence-electron chi connectivity index (χ1n) is 8.35. The Hall–Kier alpha value is -0.860. The quantitative estimate of drug-likeness (QED) is 0.904. The van der Waals surface area contributed by atoms with E-state index in [4.69, 9.17) is 0 Å². The minimum atomic E-state index is 0.752. The van der Waals surface area contributed by atoms with E-state index < -0.39 is 0 Å². The summed E-state index contributed by atoms with van der Waals surface area (Å²) < 4.78 is 0. The van der Waals surface area contributed by atoms with Crippen molar-refractivity contribution in [3.8, 4) is 0 Å². The molecule has 0 aromatic heterocycles. The zero-order chi connectivity index (χ0) is 13.8. The van der Waals surface area contributed by atoms with Crippen LogP contribution < -0.4 is 5.32 Å². The van der Waals surface area contributed by atoms with Crippen LogP contribution in [0.2, 0.25) is 0 Å². The van der Waals surface area contributed by atoms with Gasteiger partial charge in [0.15, 0.2) is 0 Å². The highest BCUT2D eigenvalue weighted by Crippen LogP contribution is 2.38. The molecular formula is C18H28N2. The lowest BCUT2D eigenvalue weighted by molar-refractivity contribution is 0.122. The third-order valence-electron chi connectivity index (χ3n) is 5.25. The maximum Gasteiger partial charge on any atom is 0.0224 e. The zero-order valence-corrected chi connectivity index (χ0v) is 12.7. The molecule has 1 aliphatic heterocycles. The Kier molecular flexibility index (Phi) is 4.74. The van der Waals surface area contributed by atoms with Crippen LogP contribution in [0.1, 0.15) is 50.0 Å². The third kappa shape index (κ3) is 2.91. The van der Waals surface area contributed by atoms with Crippen molar-refractivity contribution in [2.24, 2.45) is 0 Å². The summed E-state index contributed by atoms with van der Waals surface area (Å²) >= 11 is 0. The fourth-order valence-corrected chi connectivity index (χ4v) is 4.35. The summed E-state index contributed by atoms with van der Waals surface area (Å²) in [6, 6.07) is 12.8. The third-order valence-corrected chi connectivity index (χ3v) is 5.25. The molecule has 110 valence electrons. The summed E-state index contributed by atoms with van der Waals surface area (Å²) in [5.41, 5.74) is 1.56. The molecule has 3 atom stereocenters. The van der Waals surface area contributed by atoms with E-state index in [-0.39, 0.29) is 0 Å². The Morgan fingerprint density at radius 3 is 2.65 bits per heavy atom. The molecule has 1 saturated heterocycles. The average molecular weight is 272 g/mol. The van der Waals surface area contributed by atoms with Crippen LogP contribution in [0.15, 0.2) is 30.3 Å². The minimum absolute atomic E-state index is 0.752. The molecule has 1 heterocycles. The van der Waals surface area contributed by atoms with Crippen LogP contribution >= 0.6 is 0 Å². The van der Waals surface area contributed by atoms with Gasteiger partial charge < -0.3 is 5.32 Å². The first kappa shape index (κ1) is 14.1. The van der Waals surface area contributed by atoms with E-state index in [2.05, 4.69) is 47.6 Å². The van der Waals surface area contributed by atoms with Crippen molar-refractivity contribution in [3.63, 3.8) is 0 Å². The summed E-state index contributed by atoms with van der Waals surface area (Å²) in [5.74, 6) is 0.752. The first-order chi connectivity index (χ1) is 9.90. The van der Waals surface area contributed by atoms with Crippen LogP contribution in [-0.2, 0) is 0 Å². The van der Waals surface area contributed by atoms with Crippen LogP contribution in [0, 0.1) is 0 Å². The lowest BCUT2D eigenvalue weighted by Gasteiger charge is -2.41. The topological polar surface area (TPSA) is 15.3 Å². The summed E-state index contributed by atoms with van der Waals surface area (Å²) in [5, 5.41) is 3.39. The molecule has 1 aromatic rings. The monoisotopic (exact) mass is 272 g/mol. The van der Waals surface area contributed by atoms with Crippen molar-refractivity contribution >= 4 is 0 Å². The number of hydrogen-bond donors (Lipinski definition) is 1. The Balaban J connectivity index is 1.78. The molecule has 20 heavy (non-hydrogen) atoms. The van der Waals surface area contributed by atoms with Crippen molar-refractivity contribution in [3.05, 3.63) is 35.9 Å². The molecular weight excluding hydrogens is 244 g/mol. The van der Waals surface area contributed by atoms with Gasteiger partial charge in [-0.25, -0.2) is 0 Å². The molecule has 1 saturated carbocycles. The lowest BCUT2D eigenvalue weighted by atomic mass is 9.79. The first-order valence-corrected chi connectivity index (χ1v) is 8.35. The number of nitrogens with zero attached hydrogens (tertiary/aromatic N) is 1. The molecule has 2 heteroatoms. The summed E-state index contributed by atoms with van der Waals surface area (Å²) in [7, 11) is 2.09. The van der Waals surface area contributed by atoms with E-state index >= 15 is 0 Å². The minimum Gasteiger partial charge on any atom is -0.318 e. The van der Waals surface area contributed by atoms with E-state index in [1.54, 1.807) is 5.56 Å². The van der Waals surface area contributed by atoms with Gasteiger partial charge in [0, 0.05) is 18.6 Å². The Morgan fingerprint density at radius 1 is 1.05 bits per heavy atom. The van der Waals surface area contributed by atoms with Gasteiger partial charge in [-0.2, -0.15) is 0 Å². The van der Waals surface area contributed by atoms with Gasteiger partial charge in [-0.3, -0.25) is 4.90 Å². The van der Waals surface area contributed by atoms with Crippen LogP contribution in [0.25, 0.3) is 0 Å². The maximum absolute atomic E-state index is 3.39. The largest absolute Gasteiger partial charge is 0.318 e. The molecule has 3 rings (SSSR count). The second kappa shape index (κ2) is 6.73. The Bertz CT molecular complexity index is 403. The highest BCUT2D eigenvalue weighted by atomic mass is 15.2. The molecule has 0 radical (unpaired) electrons. The van der Waals surface area contributed by atoms with Crippen LogP contribution in [-0.4, -0.2) is 37.1 Å². The fourth-order valence-electron chi connectivity index (χ4n) is 4.35. The zero-order valence-electron chi connectivity index (χ0n) is 12.7. The molecule has 3 unspecified atom stereocenters. The van der Waals surface area contributed by atoms with Gasteiger partial charge in [0.05, 0.1) is 0 Å². The normalized spacial score (nSPS) is 31.6. The standard InChI is InChI=1S/C18H28N2/c1-19-14-16-10-7-13-20(16)18-12-6-5-11-17(18)15-8-3-2-4-9-15/h2-4,8-9,16-19H,5-7,10-14H2,1H3. The predicted octanol–water partition coefficient (Wildman–Crippen LogP) is 3.40. The lowest BCUT2D eigenvalue weighted by Crippen LogP contribution is -2.47. The van der Waals surface area contributed by atoms with Gasteiger partial charge in [0.25, 0.3) is 0 Å². The number of hydrogen-bond acceptors (Lipinski definition) is 2. The predicted molar refractivity (Wildman–Crippen MR) is 85.1 cm³/mol. The Labute approximate surface area is 123 Å². The molecule has 2 fully saturated rings. The highest BCUT2D eigenvalue weighted by molar-refractivity contribution is 5.22. The van der Waals surface area contributed by atoms with Gasteiger partial charge >= 0.3 is 0 Å². The average Bonchev–Trinajstić information content (AvgIpc) is 2.97. The molecule has 0 bridgehead atoms. The van der Waals surface area contributed by atoms with Crippen molar-refractivity contribution in [2.45, 2.75) is 56.5 Å². The highest BCUT2D eigenvalue weighted by Gasteiger charge is 2.36. The number of benzene rings is 1. The molecule has 1 aromatic carbocycles. The Morgan fingerprint density at radius 2 is 1.85 bits per heavy atom. The fraction of sp³-hybridized carbons (Fsp3) is 0.667. The van der Waals surface area contributed by atoms with E-state index in [9.17, 15) is 0 Å². The van der Waals surface area contributed by atoms with Crippen molar-refractivity contribution in [1.29, 1.82) is 0 Å². The number of rotatable bonds is 4. The number of likely N-dealkylation sites (N-methyl/N-ethyl adjacent to an activating group) is 1. The summed E-state index contributed by atoms with van der Waals surface area (Å²) in [6.07, 6.45) is 8.33. The molecule has 1 N–H and O–H groups in total. The van der Waals surface area contributed by atoms with Crippen LogP contribution in [0.3, 0.4) is 0 Å². The van der Waals surface area contributed by atoms with Gasteiger partial charge in [-0.05, 0) is 50.8 Å². The van der Waals surface area contributed by atoms with Crippen molar-refractivity contribution in [2.75, 3.05) is 20.1 Å². The van der Waals surface area contributed by atoms with E-state index in [1.165, 1.54) is 45.1 Å². The van der Waals surface area contributed by atoms with E-state index in [1.807, 2.05) is 0 Å². The molecule has 2 nitrogen and oxygen atoms in total. The summed E-state index contributed by atoms with van der Waals surface area (Å²) in [6.45, 7) is 2.46. The van der Waals surface area contributed by atoms with Gasteiger partial charge in [0.2, 0.25) is 0 Å². The van der Waals surface area contributed by atoms with Crippen LogP contribution in [0.4, 0.5) is 0 Å². The molecule has 2 aliphatic rings. The number of nitrogens with one attached hydrogen (secondary N) is 1. The molecule has 0 spiro atoms. The van der Waals surface area contributed by atoms with Gasteiger partial charge in [-0.15, -0.1) is 0 Å².